The van der Waals surface area contributed by atoms with Gasteiger partial charge in [0.25, 0.3) is 0 Å². The lowest BCUT2D eigenvalue weighted by atomic mass is 9.99. The first-order valence-corrected chi connectivity index (χ1v) is 9.86. The molecule has 31 heavy (non-hydrogen) atoms. The smallest absolute Gasteiger partial charge is 0.246 e. The van der Waals surface area contributed by atoms with Crippen LogP contribution in [-0.2, 0) is 17.8 Å². The summed E-state index contributed by atoms with van der Waals surface area (Å²) in [4.78, 5) is 18.8. The lowest BCUT2D eigenvalue weighted by Gasteiger charge is -2.32. The normalized spacial score (nSPS) is 13.0. The standard InChI is InChI=1S/C22H27FN4O3.HI/c1-4-24-22(25-13-21(28)26-18-7-5-6-17(23)12-18)27-9-8-15-10-19(29-2)20(30-3)11-16(15)14-27;/h5-7,10-12H,4,8-9,13-14H2,1-3H3,(H,24,25)(H,26,28);1H. The third-order valence-electron chi connectivity index (χ3n) is 4.83. The van der Waals surface area contributed by atoms with E-state index in [0.29, 0.717) is 30.5 Å². The highest BCUT2D eigenvalue weighted by molar-refractivity contribution is 14.0. The van der Waals surface area contributed by atoms with E-state index in [9.17, 15) is 9.18 Å². The van der Waals surface area contributed by atoms with Gasteiger partial charge in [0.2, 0.25) is 5.91 Å². The van der Waals surface area contributed by atoms with Gasteiger partial charge >= 0.3 is 0 Å². The number of hydrogen-bond donors (Lipinski definition) is 2. The second kappa shape index (κ2) is 11.7. The summed E-state index contributed by atoms with van der Waals surface area (Å²) in [5.74, 6) is 1.37. The van der Waals surface area contributed by atoms with E-state index in [-0.39, 0.29) is 36.4 Å². The van der Waals surface area contributed by atoms with Gasteiger partial charge in [0.15, 0.2) is 17.5 Å². The number of carbonyl (C=O) groups excluding carboxylic acids is 1. The minimum Gasteiger partial charge on any atom is -0.493 e. The second-order valence-corrected chi connectivity index (χ2v) is 6.88. The molecule has 0 radical (unpaired) electrons. The molecule has 0 saturated carbocycles. The van der Waals surface area contributed by atoms with Crippen LogP contribution >= 0.6 is 24.0 Å². The van der Waals surface area contributed by atoms with Gasteiger partial charge in [0, 0.05) is 25.3 Å². The molecule has 3 rings (SSSR count). The Hall–Kier alpha value is -2.56. The number of benzene rings is 2. The maximum absolute atomic E-state index is 13.3. The van der Waals surface area contributed by atoms with Crippen molar-refractivity contribution < 1.29 is 18.7 Å². The van der Waals surface area contributed by atoms with Gasteiger partial charge in [-0.25, -0.2) is 9.38 Å². The van der Waals surface area contributed by atoms with E-state index < -0.39 is 5.82 Å². The molecule has 168 valence electrons. The zero-order valence-electron chi connectivity index (χ0n) is 17.9. The van der Waals surface area contributed by atoms with E-state index in [1.807, 2.05) is 19.1 Å². The van der Waals surface area contributed by atoms with Gasteiger partial charge in [-0.1, -0.05) is 6.07 Å². The van der Waals surface area contributed by atoms with Crippen LogP contribution in [0.15, 0.2) is 41.4 Å². The van der Waals surface area contributed by atoms with E-state index >= 15 is 0 Å². The SMILES string of the molecule is CCNC(=NCC(=O)Nc1cccc(F)c1)N1CCc2cc(OC)c(OC)cc2C1.I. The van der Waals surface area contributed by atoms with Gasteiger partial charge in [0.1, 0.15) is 12.4 Å². The molecule has 2 aromatic rings. The van der Waals surface area contributed by atoms with Crippen LogP contribution in [-0.4, -0.2) is 50.6 Å². The van der Waals surface area contributed by atoms with Crippen molar-refractivity contribution in [3.63, 3.8) is 0 Å². The Morgan fingerprint density at radius 2 is 1.87 bits per heavy atom. The summed E-state index contributed by atoms with van der Waals surface area (Å²) in [5.41, 5.74) is 2.76. The van der Waals surface area contributed by atoms with Crippen LogP contribution in [0.3, 0.4) is 0 Å². The largest absolute Gasteiger partial charge is 0.493 e. The topological polar surface area (TPSA) is 75.2 Å². The van der Waals surface area contributed by atoms with E-state index in [2.05, 4.69) is 20.5 Å². The first-order chi connectivity index (χ1) is 14.5. The number of amides is 1. The lowest BCUT2D eigenvalue weighted by molar-refractivity contribution is -0.114. The summed E-state index contributed by atoms with van der Waals surface area (Å²) in [7, 11) is 3.25. The lowest BCUT2D eigenvalue weighted by Crippen LogP contribution is -2.44. The number of hydrogen-bond acceptors (Lipinski definition) is 4. The molecule has 1 heterocycles. The molecule has 0 spiro atoms. The molecule has 1 aliphatic heterocycles. The predicted octanol–water partition coefficient (Wildman–Crippen LogP) is 3.42. The Balaban J connectivity index is 0.00000341. The zero-order valence-corrected chi connectivity index (χ0v) is 20.2. The van der Waals surface area contributed by atoms with E-state index in [4.69, 9.17) is 9.47 Å². The van der Waals surface area contributed by atoms with Crippen molar-refractivity contribution >= 4 is 41.5 Å². The Bertz CT molecular complexity index is 939. The number of rotatable bonds is 6. The van der Waals surface area contributed by atoms with Crippen LogP contribution < -0.4 is 20.1 Å². The average Bonchev–Trinajstić information content (AvgIpc) is 2.75. The van der Waals surface area contributed by atoms with Crippen LogP contribution in [0.1, 0.15) is 18.1 Å². The Kier molecular flexibility index (Phi) is 9.35. The fourth-order valence-corrected chi connectivity index (χ4v) is 3.40. The summed E-state index contributed by atoms with van der Waals surface area (Å²) in [5, 5.41) is 5.91. The molecular formula is C22H28FIN4O3. The Morgan fingerprint density at radius 1 is 1.16 bits per heavy atom. The number of ether oxygens (including phenoxy) is 2. The molecule has 2 aromatic carbocycles. The predicted molar refractivity (Wildman–Crippen MR) is 130 cm³/mol. The van der Waals surface area contributed by atoms with Gasteiger partial charge in [-0.05, 0) is 54.8 Å². The van der Waals surface area contributed by atoms with Crippen molar-refractivity contribution in [1.82, 2.24) is 10.2 Å². The molecule has 0 unspecified atom stereocenters. The zero-order chi connectivity index (χ0) is 21.5. The molecule has 0 fully saturated rings. The summed E-state index contributed by atoms with van der Waals surface area (Å²) in [6, 6.07) is 9.79. The summed E-state index contributed by atoms with van der Waals surface area (Å²) in [6.07, 6.45) is 0.829. The highest BCUT2D eigenvalue weighted by Crippen LogP contribution is 2.33. The summed E-state index contributed by atoms with van der Waals surface area (Å²) >= 11 is 0. The minimum absolute atomic E-state index is 0. The highest BCUT2D eigenvalue weighted by Gasteiger charge is 2.22. The van der Waals surface area contributed by atoms with Gasteiger partial charge in [-0.15, -0.1) is 24.0 Å². The Morgan fingerprint density at radius 3 is 2.52 bits per heavy atom. The van der Waals surface area contributed by atoms with Gasteiger partial charge < -0.3 is 25.0 Å². The Labute approximate surface area is 199 Å². The number of nitrogens with one attached hydrogen (secondary N) is 2. The molecular weight excluding hydrogens is 514 g/mol. The van der Waals surface area contributed by atoms with Gasteiger partial charge in [0.05, 0.1) is 14.2 Å². The first-order valence-electron chi connectivity index (χ1n) is 9.86. The number of fused-ring (bicyclic) bond motifs is 1. The molecule has 1 aliphatic rings. The summed E-state index contributed by atoms with van der Waals surface area (Å²) in [6.45, 7) is 4.01. The first kappa shape index (κ1) is 24.7. The number of methoxy groups -OCH3 is 2. The van der Waals surface area contributed by atoms with E-state index in [0.717, 1.165) is 24.3 Å². The van der Waals surface area contributed by atoms with Crippen molar-refractivity contribution in [3.8, 4) is 11.5 Å². The van der Waals surface area contributed by atoms with Crippen molar-refractivity contribution in [2.24, 2.45) is 4.99 Å². The molecule has 0 saturated heterocycles. The maximum atomic E-state index is 13.3. The monoisotopic (exact) mass is 542 g/mol. The van der Waals surface area contributed by atoms with Crippen LogP contribution in [0.25, 0.3) is 0 Å². The van der Waals surface area contributed by atoms with Crippen LogP contribution in [0.5, 0.6) is 11.5 Å². The van der Waals surface area contributed by atoms with E-state index in [1.54, 1.807) is 26.4 Å². The fraction of sp³-hybridized carbons (Fsp3) is 0.364. The number of carbonyl (C=O) groups is 1. The van der Waals surface area contributed by atoms with Crippen molar-refractivity contribution in [2.75, 3.05) is 39.2 Å². The van der Waals surface area contributed by atoms with Gasteiger partial charge in [-0.3, -0.25) is 4.79 Å². The number of nitrogens with zero attached hydrogens (tertiary/aromatic N) is 2. The van der Waals surface area contributed by atoms with Gasteiger partial charge in [-0.2, -0.15) is 0 Å². The molecule has 1 amide bonds. The van der Waals surface area contributed by atoms with Crippen molar-refractivity contribution in [1.29, 1.82) is 0 Å². The number of guanidine groups is 1. The summed E-state index contributed by atoms with van der Waals surface area (Å²) < 4.78 is 24.1. The third-order valence-corrected chi connectivity index (χ3v) is 4.83. The molecule has 9 heteroatoms. The maximum Gasteiger partial charge on any atom is 0.246 e. The average molecular weight is 542 g/mol. The second-order valence-electron chi connectivity index (χ2n) is 6.88. The minimum atomic E-state index is -0.399. The molecule has 0 aliphatic carbocycles. The number of aliphatic imine (C=N–C) groups is 1. The van der Waals surface area contributed by atoms with Crippen LogP contribution in [0.2, 0.25) is 0 Å². The molecule has 0 bridgehead atoms. The third kappa shape index (κ3) is 6.46. The number of anilines is 1. The van der Waals surface area contributed by atoms with Crippen LogP contribution in [0, 0.1) is 5.82 Å². The molecule has 0 atom stereocenters. The number of halogens is 2. The highest BCUT2D eigenvalue weighted by atomic mass is 127. The van der Waals surface area contributed by atoms with Crippen molar-refractivity contribution in [3.05, 3.63) is 53.3 Å². The molecule has 7 nitrogen and oxygen atoms in total. The quantitative estimate of drug-likeness (QED) is 0.333. The molecule has 2 N–H and O–H groups in total. The van der Waals surface area contributed by atoms with E-state index in [1.165, 1.54) is 17.7 Å². The molecule has 0 aromatic heterocycles. The fourth-order valence-electron chi connectivity index (χ4n) is 3.40. The van der Waals surface area contributed by atoms with Crippen LogP contribution in [0.4, 0.5) is 10.1 Å². The van der Waals surface area contributed by atoms with Crippen molar-refractivity contribution in [2.45, 2.75) is 19.9 Å².